The molecule has 0 aromatic rings. The van der Waals surface area contributed by atoms with Crippen LogP contribution in [0, 0.1) is 29.6 Å². The van der Waals surface area contributed by atoms with Crippen LogP contribution in [0.3, 0.4) is 0 Å². The fourth-order valence-corrected chi connectivity index (χ4v) is 5.68. The van der Waals surface area contributed by atoms with Crippen molar-refractivity contribution in [3.8, 4) is 0 Å². The van der Waals surface area contributed by atoms with Crippen molar-refractivity contribution < 1.29 is 9.59 Å². The van der Waals surface area contributed by atoms with Crippen molar-refractivity contribution in [3.05, 3.63) is 0 Å². The van der Waals surface area contributed by atoms with Gasteiger partial charge in [0.15, 0.2) is 0 Å². The number of hydrogen-bond acceptors (Lipinski definition) is 2. The SMILES string of the molecule is CC(=O)CC1CCCCN1C(=O)C1C2C3CCC(C3)C12. The Morgan fingerprint density at radius 1 is 1.05 bits per heavy atom. The van der Waals surface area contributed by atoms with Crippen LogP contribution in [0.2, 0.25) is 0 Å². The number of carbonyl (C=O) groups excluding carboxylic acids is 2. The van der Waals surface area contributed by atoms with Crippen molar-refractivity contribution in [1.29, 1.82) is 0 Å². The molecule has 3 heteroatoms. The quantitative estimate of drug-likeness (QED) is 0.794. The van der Waals surface area contributed by atoms with Gasteiger partial charge in [0.1, 0.15) is 5.78 Å². The number of carbonyl (C=O) groups is 2. The zero-order valence-corrected chi connectivity index (χ0v) is 12.4. The molecule has 0 N–H and O–H groups in total. The third-order valence-corrected chi connectivity index (χ3v) is 6.45. The summed E-state index contributed by atoms with van der Waals surface area (Å²) in [5.41, 5.74) is 0. The number of likely N-dealkylation sites (tertiary alicyclic amines) is 1. The smallest absolute Gasteiger partial charge is 0.226 e. The Bertz CT molecular complexity index is 430. The second-order valence-electron chi connectivity index (χ2n) is 7.60. The van der Waals surface area contributed by atoms with E-state index in [9.17, 15) is 9.59 Å². The van der Waals surface area contributed by atoms with Gasteiger partial charge < -0.3 is 4.90 Å². The van der Waals surface area contributed by atoms with Crippen molar-refractivity contribution in [2.24, 2.45) is 29.6 Å². The Morgan fingerprint density at radius 3 is 2.40 bits per heavy atom. The molecule has 1 amide bonds. The molecule has 4 fully saturated rings. The maximum Gasteiger partial charge on any atom is 0.226 e. The molecule has 4 aliphatic rings. The first kappa shape index (κ1) is 12.8. The summed E-state index contributed by atoms with van der Waals surface area (Å²) < 4.78 is 0. The minimum Gasteiger partial charge on any atom is -0.339 e. The summed E-state index contributed by atoms with van der Waals surface area (Å²) in [7, 11) is 0. The number of hydrogen-bond donors (Lipinski definition) is 0. The zero-order valence-electron chi connectivity index (χ0n) is 12.4. The molecule has 0 aromatic heterocycles. The van der Waals surface area contributed by atoms with Crippen molar-refractivity contribution in [3.63, 3.8) is 0 Å². The summed E-state index contributed by atoms with van der Waals surface area (Å²) in [5, 5.41) is 0. The van der Waals surface area contributed by atoms with Crippen LogP contribution in [0.15, 0.2) is 0 Å². The van der Waals surface area contributed by atoms with E-state index in [4.69, 9.17) is 0 Å². The van der Waals surface area contributed by atoms with Gasteiger partial charge in [0.2, 0.25) is 5.91 Å². The molecule has 1 aliphatic heterocycles. The van der Waals surface area contributed by atoms with Gasteiger partial charge in [-0.3, -0.25) is 9.59 Å². The van der Waals surface area contributed by atoms with Gasteiger partial charge >= 0.3 is 0 Å². The molecule has 20 heavy (non-hydrogen) atoms. The maximum absolute atomic E-state index is 12.9. The maximum atomic E-state index is 12.9. The highest BCUT2D eigenvalue weighted by molar-refractivity contribution is 5.84. The Hall–Kier alpha value is -0.860. The Morgan fingerprint density at radius 2 is 1.75 bits per heavy atom. The van der Waals surface area contributed by atoms with E-state index in [1.807, 2.05) is 0 Å². The fraction of sp³-hybridized carbons (Fsp3) is 0.882. The molecule has 3 aliphatic carbocycles. The second kappa shape index (κ2) is 4.57. The molecule has 2 bridgehead atoms. The lowest BCUT2D eigenvalue weighted by Gasteiger charge is -2.36. The van der Waals surface area contributed by atoms with Crippen molar-refractivity contribution in [2.75, 3.05) is 6.54 Å². The molecule has 5 unspecified atom stereocenters. The average molecular weight is 275 g/mol. The minimum absolute atomic E-state index is 0.202. The van der Waals surface area contributed by atoms with E-state index in [1.54, 1.807) is 6.92 Å². The first-order chi connectivity index (χ1) is 9.66. The third-order valence-electron chi connectivity index (χ3n) is 6.45. The second-order valence-corrected chi connectivity index (χ2v) is 7.60. The highest BCUT2D eigenvalue weighted by Crippen LogP contribution is 2.69. The predicted octanol–water partition coefficient (Wildman–Crippen LogP) is 2.64. The summed E-state index contributed by atoms with van der Waals surface area (Å²) in [6.45, 7) is 2.55. The van der Waals surface area contributed by atoms with E-state index in [2.05, 4.69) is 4.90 Å². The third kappa shape index (κ3) is 1.85. The number of rotatable bonds is 3. The van der Waals surface area contributed by atoms with E-state index in [0.717, 1.165) is 43.1 Å². The fourth-order valence-electron chi connectivity index (χ4n) is 5.68. The summed E-state index contributed by atoms with van der Waals surface area (Å²) in [4.78, 5) is 26.4. The molecule has 1 heterocycles. The van der Waals surface area contributed by atoms with Crippen LogP contribution in [0.4, 0.5) is 0 Å². The summed E-state index contributed by atoms with van der Waals surface area (Å²) in [6, 6.07) is 0.202. The lowest BCUT2D eigenvalue weighted by atomic mass is 9.95. The van der Waals surface area contributed by atoms with Crippen LogP contribution < -0.4 is 0 Å². The van der Waals surface area contributed by atoms with Crippen LogP contribution in [0.1, 0.15) is 51.9 Å². The van der Waals surface area contributed by atoms with E-state index in [0.29, 0.717) is 18.2 Å². The minimum atomic E-state index is 0.202. The molecule has 0 spiro atoms. The lowest BCUT2D eigenvalue weighted by Crippen LogP contribution is -2.46. The Labute approximate surface area is 121 Å². The molecule has 0 aromatic carbocycles. The Kier molecular flexibility index (Phi) is 2.94. The van der Waals surface area contributed by atoms with E-state index in [1.165, 1.54) is 25.7 Å². The molecule has 110 valence electrons. The van der Waals surface area contributed by atoms with Crippen molar-refractivity contribution in [1.82, 2.24) is 4.90 Å². The summed E-state index contributed by atoms with van der Waals surface area (Å²) in [5.74, 6) is 4.13. The molecule has 5 atom stereocenters. The van der Waals surface area contributed by atoms with E-state index >= 15 is 0 Å². The monoisotopic (exact) mass is 275 g/mol. The number of Topliss-reactive ketones (excluding diaryl/α,β-unsaturated/α-hetero) is 1. The van der Waals surface area contributed by atoms with Gasteiger partial charge in [-0.15, -0.1) is 0 Å². The molecule has 4 rings (SSSR count). The highest BCUT2D eigenvalue weighted by atomic mass is 16.2. The molecule has 0 radical (unpaired) electrons. The molecule has 1 saturated heterocycles. The Balaban J connectivity index is 1.46. The number of ketones is 1. The first-order valence-electron chi connectivity index (χ1n) is 8.46. The van der Waals surface area contributed by atoms with Gasteiger partial charge in [0.25, 0.3) is 0 Å². The number of fused-ring (bicyclic) bond motifs is 5. The van der Waals surface area contributed by atoms with Crippen LogP contribution in [-0.2, 0) is 9.59 Å². The lowest BCUT2D eigenvalue weighted by molar-refractivity contribution is -0.138. The standard InChI is InChI=1S/C17H25NO2/c1-10(19)8-13-4-2-3-7-18(13)17(20)16-14-11-5-6-12(9-11)15(14)16/h11-16H,2-9H2,1H3. The highest BCUT2D eigenvalue weighted by Gasteiger charge is 2.68. The van der Waals surface area contributed by atoms with Gasteiger partial charge in [-0.05, 0) is 69.1 Å². The average Bonchev–Trinajstić information content (AvgIpc) is 2.86. The molecule has 3 saturated carbocycles. The van der Waals surface area contributed by atoms with Gasteiger partial charge in [-0.25, -0.2) is 0 Å². The number of nitrogens with zero attached hydrogens (tertiary/aromatic N) is 1. The molecular formula is C17H25NO2. The predicted molar refractivity (Wildman–Crippen MR) is 76.0 cm³/mol. The number of amides is 1. The van der Waals surface area contributed by atoms with E-state index in [-0.39, 0.29) is 11.8 Å². The first-order valence-corrected chi connectivity index (χ1v) is 8.46. The summed E-state index contributed by atoms with van der Waals surface area (Å²) >= 11 is 0. The number of piperidine rings is 1. The van der Waals surface area contributed by atoms with Crippen LogP contribution in [0.25, 0.3) is 0 Å². The molecular weight excluding hydrogens is 250 g/mol. The van der Waals surface area contributed by atoms with Crippen LogP contribution in [0.5, 0.6) is 0 Å². The van der Waals surface area contributed by atoms with Crippen LogP contribution >= 0.6 is 0 Å². The van der Waals surface area contributed by atoms with Crippen molar-refractivity contribution in [2.45, 2.75) is 57.9 Å². The zero-order chi connectivity index (χ0) is 13.9. The van der Waals surface area contributed by atoms with Gasteiger partial charge in [0.05, 0.1) is 0 Å². The van der Waals surface area contributed by atoms with Crippen LogP contribution in [-0.4, -0.2) is 29.2 Å². The van der Waals surface area contributed by atoms with Gasteiger partial charge in [-0.1, -0.05) is 0 Å². The van der Waals surface area contributed by atoms with Crippen molar-refractivity contribution >= 4 is 11.7 Å². The van der Waals surface area contributed by atoms with E-state index < -0.39 is 0 Å². The molecule has 3 nitrogen and oxygen atoms in total. The summed E-state index contributed by atoms with van der Waals surface area (Å²) in [6.07, 6.45) is 8.02. The van der Waals surface area contributed by atoms with Gasteiger partial charge in [-0.2, -0.15) is 0 Å². The largest absolute Gasteiger partial charge is 0.339 e. The topological polar surface area (TPSA) is 37.4 Å². The normalized spacial score (nSPS) is 45.4. The van der Waals surface area contributed by atoms with Gasteiger partial charge in [0, 0.05) is 24.9 Å².